The van der Waals surface area contributed by atoms with Crippen LogP contribution in [0.1, 0.15) is 10.4 Å². The Labute approximate surface area is 106 Å². The number of carbonyl (C=O) groups excluding carboxylic acids is 1. The van der Waals surface area contributed by atoms with Gasteiger partial charge in [-0.3, -0.25) is 9.69 Å². The maximum Gasteiger partial charge on any atom is 0.278 e. The van der Waals surface area contributed by atoms with E-state index in [0.717, 1.165) is 0 Å². The van der Waals surface area contributed by atoms with Crippen molar-refractivity contribution < 1.29 is 9.83 Å². The molecular formula is C9H8ClN5O3. The Hall–Kier alpha value is -2.22. The lowest BCUT2D eigenvalue weighted by Crippen LogP contribution is -2.36. The highest BCUT2D eigenvalue weighted by Gasteiger charge is 2.28. The maximum absolute atomic E-state index is 12.0. The van der Waals surface area contributed by atoms with Crippen LogP contribution in [0.5, 0.6) is 0 Å². The van der Waals surface area contributed by atoms with Gasteiger partial charge in [0.05, 0.1) is 5.56 Å². The van der Waals surface area contributed by atoms with Gasteiger partial charge < -0.3 is 5.32 Å². The normalized spacial score (nSPS) is 16.7. The highest BCUT2D eigenvalue weighted by molar-refractivity contribution is 6.29. The van der Waals surface area contributed by atoms with Gasteiger partial charge in [0.2, 0.25) is 0 Å². The molecule has 0 aliphatic carbocycles. The summed E-state index contributed by atoms with van der Waals surface area (Å²) in [6.45, 7) is 0.730. The third kappa shape index (κ3) is 2.54. The number of guanidine groups is 1. The predicted molar refractivity (Wildman–Crippen MR) is 62.7 cm³/mol. The monoisotopic (exact) mass is 269 g/mol. The van der Waals surface area contributed by atoms with Crippen LogP contribution in [0.3, 0.4) is 0 Å². The van der Waals surface area contributed by atoms with Crippen LogP contribution in [0.15, 0.2) is 23.4 Å². The molecule has 0 atom stereocenters. The third-order valence-electron chi connectivity index (χ3n) is 2.27. The van der Waals surface area contributed by atoms with Crippen molar-refractivity contribution in [3.8, 4) is 0 Å². The zero-order chi connectivity index (χ0) is 13.1. The van der Waals surface area contributed by atoms with Gasteiger partial charge in [-0.25, -0.2) is 15.1 Å². The fraction of sp³-hybridized carbons (Fsp3) is 0.222. The Morgan fingerprint density at radius 3 is 3.00 bits per heavy atom. The average molecular weight is 270 g/mol. The average Bonchev–Trinajstić information content (AvgIpc) is 2.76. The topological polar surface area (TPSA) is 101 Å². The van der Waals surface area contributed by atoms with E-state index in [2.05, 4.69) is 15.4 Å². The number of halogens is 1. The molecule has 8 nitrogen and oxygen atoms in total. The molecule has 0 spiro atoms. The van der Waals surface area contributed by atoms with Gasteiger partial charge in [-0.1, -0.05) is 11.6 Å². The zero-order valence-corrected chi connectivity index (χ0v) is 9.79. The Balaban J connectivity index is 2.23. The minimum absolute atomic E-state index is 0.0695. The summed E-state index contributed by atoms with van der Waals surface area (Å²) in [5.74, 6) is -0.482. The first-order chi connectivity index (χ1) is 8.58. The minimum atomic E-state index is -0.853. The molecule has 0 aromatic carbocycles. The third-order valence-corrected chi connectivity index (χ3v) is 2.49. The molecule has 1 N–H and O–H groups in total. The van der Waals surface area contributed by atoms with Crippen LogP contribution in [0.2, 0.25) is 5.15 Å². The first-order valence-electron chi connectivity index (χ1n) is 4.98. The molecule has 1 aromatic heterocycles. The lowest BCUT2D eigenvalue weighted by Gasteiger charge is -2.12. The fourth-order valence-corrected chi connectivity index (χ4v) is 1.62. The summed E-state index contributed by atoms with van der Waals surface area (Å²) in [6.07, 6.45) is 1.31. The fourth-order valence-electron chi connectivity index (χ4n) is 1.50. The molecule has 1 fully saturated rings. The molecule has 1 saturated heterocycles. The second-order valence-electron chi connectivity index (χ2n) is 3.41. The molecular weight excluding hydrogens is 262 g/mol. The molecule has 1 aromatic rings. The van der Waals surface area contributed by atoms with Crippen molar-refractivity contribution in [2.75, 3.05) is 13.1 Å². The largest absolute Gasteiger partial charge is 0.349 e. The quantitative estimate of drug-likeness (QED) is 0.474. The molecule has 1 amide bonds. The minimum Gasteiger partial charge on any atom is -0.349 e. The number of pyridine rings is 1. The SMILES string of the molecule is O=C(c1ccc(Cl)nc1)N1CCN/C1=N\[N+](=O)[O-]. The molecule has 94 valence electrons. The smallest absolute Gasteiger partial charge is 0.278 e. The van der Waals surface area contributed by atoms with E-state index in [9.17, 15) is 14.9 Å². The molecule has 1 aliphatic rings. The van der Waals surface area contributed by atoms with Gasteiger partial charge in [-0.05, 0) is 12.1 Å². The van der Waals surface area contributed by atoms with Crippen LogP contribution in [-0.4, -0.2) is 39.9 Å². The lowest BCUT2D eigenvalue weighted by molar-refractivity contribution is -0.485. The van der Waals surface area contributed by atoms with E-state index in [1.54, 1.807) is 0 Å². The Morgan fingerprint density at radius 2 is 2.39 bits per heavy atom. The van der Waals surface area contributed by atoms with Gasteiger partial charge in [-0.2, -0.15) is 0 Å². The molecule has 2 heterocycles. The van der Waals surface area contributed by atoms with Crippen molar-refractivity contribution in [3.05, 3.63) is 39.2 Å². The van der Waals surface area contributed by atoms with E-state index in [4.69, 9.17) is 11.6 Å². The summed E-state index contributed by atoms with van der Waals surface area (Å²) < 4.78 is 0. The second-order valence-corrected chi connectivity index (χ2v) is 3.80. The highest BCUT2D eigenvalue weighted by Crippen LogP contribution is 2.10. The van der Waals surface area contributed by atoms with Crippen LogP contribution in [-0.2, 0) is 0 Å². The first-order valence-corrected chi connectivity index (χ1v) is 5.36. The number of carbonyl (C=O) groups is 1. The summed E-state index contributed by atoms with van der Waals surface area (Å²) in [5, 5.41) is 15.5. The molecule has 0 radical (unpaired) electrons. The van der Waals surface area contributed by atoms with Gasteiger partial charge in [0.25, 0.3) is 11.9 Å². The molecule has 0 saturated carbocycles. The van der Waals surface area contributed by atoms with Crippen molar-refractivity contribution in [1.29, 1.82) is 0 Å². The molecule has 2 rings (SSSR count). The first kappa shape index (κ1) is 12.2. The predicted octanol–water partition coefficient (Wildman–Crippen LogP) is 0.328. The van der Waals surface area contributed by atoms with Crippen molar-refractivity contribution >= 4 is 23.5 Å². The van der Waals surface area contributed by atoms with E-state index in [1.165, 1.54) is 23.2 Å². The Bertz CT molecular complexity index is 515. The van der Waals surface area contributed by atoms with E-state index >= 15 is 0 Å². The summed E-state index contributed by atoms with van der Waals surface area (Å²) in [6, 6.07) is 2.97. The number of hydrogen-bond acceptors (Lipinski definition) is 4. The van der Waals surface area contributed by atoms with E-state index in [1.807, 2.05) is 0 Å². The van der Waals surface area contributed by atoms with E-state index in [-0.39, 0.29) is 11.1 Å². The molecule has 0 bridgehead atoms. The number of hydrogen-bond donors (Lipinski definition) is 1. The summed E-state index contributed by atoms with van der Waals surface area (Å²) in [4.78, 5) is 27.3. The summed E-state index contributed by atoms with van der Waals surface area (Å²) >= 11 is 5.61. The molecule has 9 heteroatoms. The van der Waals surface area contributed by atoms with Crippen molar-refractivity contribution in [1.82, 2.24) is 15.2 Å². The van der Waals surface area contributed by atoms with Gasteiger partial charge in [0, 0.05) is 19.3 Å². The number of nitrogens with one attached hydrogen (secondary N) is 1. The number of hydrazone groups is 1. The van der Waals surface area contributed by atoms with Crippen LogP contribution in [0.25, 0.3) is 0 Å². The maximum atomic E-state index is 12.0. The summed E-state index contributed by atoms with van der Waals surface area (Å²) in [7, 11) is 0. The number of nitro groups is 1. The zero-order valence-electron chi connectivity index (χ0n) is 9.04. The van der Waals surface area contributed by atoms with Crippen LogP contribution >= 0.6 is 11.6 Å². The molecule has 1 aliphatic heterocycles. The Morgan fingerprint density at radius 1 is 1.61 bits per heavy atom. The van der Waals surface area contributed by atoms with Crippen molar-refractivity contribution in [2.24, 2.45) is 5.10 Å². The van der Waals surface area contributed by atoms with Gasteiger partial charge in [-0.15, -0.1) is 0 Å². The van der Waals surface area contributed by atoms with Crippen molar-refractivity contribution in [3.63, 3.8) is 0 Å². The lowest BCUT2D eigenvalue weighted by atomic mass is 10.2. The van der Waals surface area contributed by atoms with Crippen LogP contribution in [0.4, 0.5) is 0 Å². The number of nitrogens with zero attached hydrogens (tertiary/aromatic N) is 4. The van der Waals surface area contributed by atoms with Crippen LogP contribution < -0.4 is 5.32 Å². The number of rotatable bonds is 2. The summed E-state index contributed by atoms with van der Waals surface area (Å²) in [5.41, 5.74) is 0.291. The number of amides is 1. The van der Waals surface area contributed by atoms with Gasteiger partial charge >= 0.3 is 0 Å². The van der Waals surface area contributed by atoms with Crippen LogP contribution in [0, 0.1) is 10.1 Å². The van der Waals surface area contributed by atoms with Gasteiger partial charge in [0.1, 0.15) is 10.3 Å². The molecule has 18 heavy (non-hydrogen) atoms. The van der Waals surface area contributed by atoms with Gasteiger partial charge in [0.15, 0.2) is 5.03 Å². The standard InChI is InChI=1S/C9H8ClN5O3/c10-7-2-1-6(5-12-7)8(16)14-4-3-11-9(14)13-15(17)18/h1-2,5H,3-4H2,(H,11,13). The Kier molecular flexibility index (Phi) is 3.38. The van der Waals surface area contributed by atoms with Crippen molar-refractivity contribution in [2.45, 2.75) is 0 Å². The second kappa shape index (κ2) is 4.96. The highest BCUT2D eigenvalue weighted by atomic mass is 35.5. The van der Waals surface area contributed by atoms with E-state index < -0.39 is 10.9 Å². The van der Waals surface area contributed by atoms with E-state index in [0.29, 0.717) is 18.7 Å². The molecule has 0 unspecified atom stereocenters. The number of aromatic nitrogens is 1.